The highest BCUT2D eigenvalue weighted by Crippen LogP contribution is 2.39. The summed E-state index contributed by atoms with van der Waals surface area (Å²) in [4.78, 5) is 5.95. The molecule has 2 aromatic rings. The zero-order valence-corrected chi connectivity index (χ0v) is 10.6. The van der Waals surface area contributed by atoms with Crippen LogP contribution in [0.4, 0.5) is 0 Å². The molecule has 0 aromatic carbocycles. The average Bonchev–Trinajstić information content (AvgIpc) is 2.98. The standard InChI is InChI=1S/C12H14N2S2/c13-12(5-1-2-6-12)11-14-9(8-16-11)10-4-3-7-15-10/h3-4,7-8H,1-2,5-6,13H2. The average molecular weight is 250 g/mol. The van der Waals surface area contributed by atoms with Crippen LogP contribution in [-0.4, -0.2) is 4.98 Å². The Bertz CT molecular complexity index is 467. The van der Waals surface area contributed by atoms with Gasteiger partial charge < -0.3 is 5.73 Å². The van der Waals surface area contributed by atoms with E-state index in [4.69, 9.17) is 10.7 Å². The lowest BCUT2D eigenvalue weighted by atomic mass is 10.0. The van der Waals surface area contributed by atoms with Crippen molar-refractivity contribution < 1.29 is 0 Å². The highest BCUT2D eigenvalue weighted by atomic mass is 32.1. The highest BCUT2D eigenvalue weighted by Gasteiger charge is 2.34. The van der Waals surface area contributed by atoms with Crippen LogP contribution in [-0.2, 0) is 5.54 Å². The Morgan fingerprint density at radius 2 is 2.06 bits per heavy atom. The Kier molecular flexibility index (Phi) is 2.58. The summed E-state index contributed by atoms with van der Waals surface area (Å²) in [6, 6.07) is 4.17. The molecule has 2 aromatic heterocycles. The van der Waals surface area contributed by atoms with Gasteiger partial charge in [-0.1, -0.05) is 18.9 Å². The molecule has 0 radical (unpaired) electrons. The number of hydrogen-bond donors (Lipinski definition) is 1. The maximum absolute atomic E-state index is 6.40. The van der Waals surface area contributed by atoms with Crippen molar-refractivity contribution in [2.24, 2.45) is 5.73 Å². The summed E-state index contributed by atoms with van der Waals surface area (Å²) < 4.78 is 0. The first kappa shape index (κ1) is 10.4. The summed E-state index contributed by atoms with van der Waals surface area (Å²) in [6.45, 7) is 0. The Labute approximate surface area is 103 Å². The van der Waals surface area contributed by atoms with Gasteiger partial charge in [0.15, 0.2) is 0 Å². The van der Waals surface area contributed by atoms with Crippen LogP contribution in [0.2, 0.25) is 0 Å². The van der Waals surface area contributed by atoms with Crippen molar-refractivity contribution in [3.63, 3.8) is 0 Å². The maximum atomic E-state index is 6.40. The van der Waals surface area contributed by atoms with Gasteiger partial charge in [0.2, 0.25) is 0 Å². The molecule has 0 atom stereocenters. The summed E-state index contributed by atoms with van der Waals surface area (Å²) in [5.41, 5.74) is 7.35. The van der Waals surface area contributed by atoms with E-state index in [9.17, 15) is 0 Å². The summed E-state index contributed by atoms with van der Waals surface area (Å²) in [6.07, 6.45) is 4.66. The Balaban J connectivity index is 1.93. The van der Waals surface area contributed by atoms with E-state index in [1.54, 1.807) is 22.7 Å². The fraction of sp³-hybridized carbons (Fsp3) is 0.417. The van der Waals surface area contributed by atoms with Gasteiger partial charge in [0.1, 0.15) is 5.01 Å². The molecular formula is C12H14N2S2. The minimum absolute atomic E-state index is 0.139. The van der Waals surface area contributed by atoms with Gasteiger partial charge in [-0.2, -0.15) is 0 Å². The summed E-state index contributed by atoms with van der Waals surface area (Å²) in [7, 11) is 0. The highest BCUT2D eigenvalue weighted by molar-refractivity contribution is 7.14. The largest absolute Gasteiger partial charge is 0.319 e. The van der Waals surface area contributed by atoms with Crippen LogP contribution in [0.25, 0.3) is 10.6 Å². The van der Waals surface area contributed by atoms with Crippen LogP contribution in [0.5, 0.6) is 0 Å². The number of hydrogen-bond acceptors (Lipinski definition) is 4. The molecule has 1 aliphatic carbocycles. The number of nitrogens with zero attached hydrogens (tertiary/aromatic N) is 1. The molecule has 84 valence electrons. The Morgan fingerprint density at radius 1 is 1.25 bits per heavy atom. The van der Waals surface area contributed by atoms with Crippen molar-refractivity contribution in [3.05, 3.63) is 27.9 Å². The van der Waals surface area contributed by atoms with Crippen LogP contribution < -0.4 is 5.73 Å². The van der Waals surface area contributed by atoms with Gasteiger partial charge in [-0.05, 0) is 24.3 Å². The Hall–Kier alpha value is -0.710. The van der Waals surface area contributed by atoms with Gasteiger partial charge in [-0.3, -0.25) is 0 Å². The van der Waals surface area contributed by atoms with Gasteiger partial charge >= 0.3 is 0 Å². The van der Waals surface area contributed by atoms with E-state index in [2.05, 4.69) is 22.9 Å². The van der Waals surface area contributed by atoms with Crippen LogP contribution in [0, 0.1) is 0 Å². The van der Waals surface area contributed by atoms with Gasteiger partial charge in [0.25, 0.3) is 0 Å². The number of nitrogens with two attached hydrogens (primary N) is 1. The third-order valence-corrected chi connectivity index (χ3v) is 5.15. The minimum Gasteiger partial charge on any atom is -0.319 e. The quantitative estimate of drug-likeness (QED) is 0.884. The fourth-order valence-electron chi connectivity index (χ4n) is 2.26. The molecule has 2 nitrogen and oxygen atoms in total. The Morgan fingerprint density at radius 3 is 2.75 bits per heavy atom. The lowest BCUT2D eigenvalue weighted by molar-refractivity contribution is 0.459. The molecule has 2 N–H and O–H groups in total. The second-order valence-corrected chi connectivity index (χ2v) is 6.18. The number of thiazole rings is 1. The van der Waals surface area contributed by atoms with Crippen LogP contribution in [0.15, 0.2) is 22.9 Å². The molecule has 0 unspecified atom stereocenters. The monoisotopic (exact) mass is 250 g/mol. The second kappa shape index (κ2) is 3.95. The topological polar surface area (TPSA) is 38.9 Å². The predicted molar refractivity (Wildman–Crippen MR) is 69.8 cm³/mol. The lowest BCUT2D eigenvalue weighted by Gasteiger charge is -2.19. The fourth-order valence-corrected chi connectivity index (χ4v) is 4.01. The van der Waals surface area contributed by atoms with Crippen molar-refractivity contribution in [2.45, 2.75) is 31.2 Å². The molecule has 2 heterocycles. The van der Waals surface area contributed by atoms with E-state index in [0.717, 1.165) is 23.5 Å². The molecule has 3 rings (SSSR count). The third kappa shape index (κ3) is 1.71. The summed E-state index contributed by atoms with van der Waals surface area (Å²) >= 11 is 3.45. The van der Waals surface area contributed by atoms with Crippen molar-refractivity contribution in [1.82, 2.24) is 4.98 Å². The second-order valence-electron chi connectivity index (χ2n) is 4.38. The van der Waals surface area contributed by atoms with Gasteiger partial charge in [0, 0.05) is 5.38 Å². The molecule has 1 saturated carbocycles. The first-order valence-corrected chi connectivity index (χ1v) is 7.33. The van der Waals surface area contributed by atoms with Crippen LogP contribution in [0.1, 0.15) is 30.7 Å². The van der Waals surface area contributed by atoms with Crippen LogP contribution >= 0.6 is 22.7 Å². The SMILES string of the molecule is NC1(c2nc(-c3cccs3)cs2)CCCC1. The first-order chi connectivity index (χ1) is 7.78. The van der Waals surface area contributed by atoms with Crippen molar-refractivity contribution in [3.8, 4) is 10.6 Å². The van der Waals surface area contributed by atoms with Crippen molar-refractivity contribution in [1.29, 1.82) is 0 Å². The van der Waals surface area contributed by atoms with Gasteiger partial charge in [-0.15, -0.1) is 22.7 Å². The zero-order valence-electron chi connectivity index (χ0n) is 8.98. The summed E-state index contributed by atoms with van der Waals surface area (Å²) in [5, 5.41) is 5.34. The van der Waals surface area contributed by atoms with Crippen molar-refractivity contribution in [2.75, 3.05) is 0 Å². The van der Waals surface area contributed by atoms with E-state index in [1.807, 2.05) is 0 Å². The van der Waals surface area contributed by atoms with E-state index in [1.165, 1.54) is 17.7 Å². The normalized spacial score (nSPS) is 19.1. The van der Waals surface area contributed by atoms with E-state index < -0.39 is 0 Å². The number of rotatable bonds is 2. The van der Waals surface area contributed by atoms with E-state index >= 15 is 0 Å². The maximum Gasteiger partial charge on any atom is 0.113 e. The third-order valence-electron chi connectivity index (χ3n) is 3.20. The van der Waals surface area contributed by atoms with E-state index in [-0.39, 0.29) is 5.54 Å². The molecule has 16 heavy (non-hydrogen) atoms. The molecule has 0 aliphatic heterocycles. The molecule has 0 saturated heterocycles. The zero-order chi connectivity index (χ0) is 11.0. The van der Waals surface area contributed by atoms with Gasteiger partial charge in [0.05, 0.1) is 16.1 Å². The lowest BCUT2D eigenvalue weighted by Crippen LogP contribution is -2.32. The molecule has 1 aliphatic rings. The predicted octanol–water partition coefficient (Wildman–Crippen LogP) is 3.60. The first-order valence-electron chi connectivity index (χ1n) is 5.57. The molecule has 0 amide bonds. The van der Waals surface area contributed by atoms with Crippen LogP contribution in [0.3, 0.4) is 0 Å². The van der Waals surface area contributed by atoms with Crippen molar-refractivity contribution >= 4 is 22.7 Å². The van der Waals surface area contributed by atoms with E-state index in [0.29, 0.717) is 0 Å². The molecule has 4 heteroatoms. The minimum atomic E-state index is -0.139. The molecule has 0 bridgehead atoms. The smallest absolute Gasteiger partial charge is 0.113 e. The molecule has 0 spiro atoms. The number of aromatic nitrogens is 1. The molecule has 1 fully saturated rings. The molecular weight excluding hydrogens is 236 g/mol. The number of thiophene rings is 1. The van der Waals surface area contributed by atoms with Gasteiger partial charge in [-0.25, -0.2) is 4.98 Å². The summed E-state index contributed by atoms with van der Waals surface area (Å²) in [5.74, 6) is 0.